The summed E-state index contributed by atoms with van der Waals surface area (Å²) >= 11 is 0. The Labute approximate surface area is 239 Å². The van der Waals surface area contributed by atoms with Crippen LogP contribution in [0.2, 0.25) is 0 Å². The summed E-state index contributed by atoms with van der Waals surface area (Å²) in [7, 11) is 2.98. The molecule has 2 N–H and O–H groups in total. The van der Waals surface area contributed by atoms with Gasteiger partial charge in [-0.05, 0) is 79.3 Å². The minimum atomic E-state index is -4.97. The minimum Gasteiger partial charge on any atom is -0.497 e. The Morgan fingerprint density at radius 3 is 2.38 bits per heavy atom. The lowest BCUT2D eigenvalue weighted by atomic mass is 9.73. The molecule has 3 fully saturated rings. The zero-order chi connectivity index (χ0) is 30.2. The highest BCUT2D eigenvalue weighted by Crippen LogP contribution is 2.43. The Bertz CT molecular complexity index is 1460. The second kappa shape index (κ2) is 11.5. The molecule has 0 spiro atoms. The summed E-state index contributed by atoms with van der Waals surface area (Å²) in [6.45, 7) is 5.66. The number of piperidine rings is 3. The van der Waals surface area contributed by atoms with Crippen LogP contribution in [0.1, 0.15) is 35.6 Å². The van der Waals surface area contributed by atoms with Crippen molar-refractivity contribution in [1.82, 2.24) is 15.2 Å². The summed E-state index contributed by atoms with van der Waals surface area (Å²) in [6, 6.07) is 8.29. The number of hydrogen-bond donors (Lipinski definition) is 2. The number of aromatic nitrogens is 1. The van der Waals surface area contributed by atoms with Crippen LogP contribution in [0.25, 0.3) is 10.9 Å². The first kappa shape index (κ1) is 29.7. The van der Waals surface area contributed by atoms with E-state index in [0.717, 1.165) is 42.4 Å². The number of benzene rings is 2. The maximum absolute atomic E-state index is 13.5. The fourth-order valence-corrected chi connectivity index (χ4v) is 6.12. The van der Waals surface area contributed by atoms with Gasteiger partial charge in [-0.25, -0.2) is 0 Å². The van der Waals surface area contributed by atoms with Crippen LogP contribution in [-0.4, -0.2) is 49.1 Å². The van der Waals surface area contributed by atoms with Gasteiger partial charge in [-0.1, -0.05) is 6.08 Å². The minimum absolute atomic E-state index is 0.0308. The van der Waals surface area contributed by atoms with Gasteiger partial charge < -0.3 is 15.4 Å². The van der Waals surface area contributed by atoms with E-state index in [1.807, 2.05) is 24.3 Å². The molecule has 224 valence electrons. The molecule has 42 heavy (non-hydrogen) atoms. The molecular weight excluding hydrogens is 560 g/mol. The van der Waals surface area contributed by atoms with Crippen LogP contribution in [0.4, 0.5) is 32.0 Å². The number of rotatable bonds is 6. The van der Waals surface area contributed by atoms with Crippen molar-refractivity contribution in [3.63, 3.8) is 0 Å². The molecule has 0 saturated carbocycles. The monoisotopic (exact) mass is 591 g/mol. The van der Waals surface area contributed by atoms with Crippen LogP contribution in [0.3, 0.4) is 0 Å². The standard InChI is InChI=1S/C30H31F6N5O/c1-4-17-16-41-10-8-18(17)11-26(41)27(23-7-9-38-25-6-5-22(42-3)15-24(23)25)40-28(37-2)39-21-13-19(29(31,32)33)12-20(14-21)30(34,35)36/h4-7,9,12-15,17-18,26-27H,1,8,10-11,16H2,2-3H3,(H2,37,39,40)/t17?,18?,26-,27-/m1/s1. The molecule has 3 unspecified atom stereocenters. The van der Waals surface area contributed by atoms with Gasteiger partial charge >= 0.3 is 12.4 Å². The first-order valence-corrected chi connectivity index (χ1v) is 13.5. The zero-order valence-electron chi connectivity index (χ0n) is 23.1. The molecule has 0 aliphatic carbocycles. The van der Waals surface area contributed by atoms with Crippen molar-refractivity contribution in [2.75, 3.05) is 32.6 Å². The van der Waals surface area contributed by atoms with Crippen LogP contribution in [0.15, 0.2) is 66.3 Å². The SMILES string of the molecule is C=CC1CN2CCC1C[C@@H]2[C@H](NC(=NC)Nc1cc(C(F)(F)F)cc(C(F)(F)F)c1)c1ccnc2ccc(OC)cc12. The number of fused-ring (bicyclic) bond motifs is 4. The molecule has 2 bridgehead atoms. The van der Waals surface area contributed by atoms with E-state index in [-0.39, 0.29) is 23.8 Å². The molecule has 5 atom stereocenters. The number of anilines is 1. The molecule has 3 aliphatic heterocycles. The third kappa shape index (κ3) is 6.04. The summed E-state index contributed by atoms with van der Waals surface area (Å²) in [6.07, 6.45) is -4.44. The van der Waals surface area contributed by atoms with Gasteiger partial charge in [0.25, 0.3) is 0 Å². The molecule has 6 nitrogen and oxygen atoms in total. The average Bonchev–Trinajstić information content (AvgIpc) is 2.97. The zero-order valence-corrected chi connectivity index (χ0v) is 23.1. The van der Waals surface area contributed by atoms with E-state index in [0.29, 0.717) is 29.7 Å². The second-order valence-corrected chi connectivity index (χ2v) is 10.6. The van der Waals surface area contributed by atoms with E-state index in [9.17, 15) is 26.3 Å². The van der Waals surface area contributed by atoms with Crippen molar-refractivity contribution in [1.29, 1.82) is 0 Å². The van der Waals surface area contributed by atoms with Crippen molar-refractivity contribution in [3.05, 3.63) is 78.0 Å². The quantitative estimate of drug-likeness (QED) is 0.141. The lowest BCUT2D eigenvalue weighted by molar-refractivity contribution is -0.143. The van der Waals surface area contributed by atoms with E-state index >= 15 is 0 Å². The molecule has 2 aromatic carbocycles. The van der Waals surface area contributed by atoms with Gasteiger partial charge in [-0.2, -0.15) is 26.3 Å². The third-order valence-corrected chi connectivity index (χ3v) is 8.22. The lowest BCUT2D eigenvalue weighted by Gasteiger charge is -2.52. The van der Waals surface area contributed by atoms with Crippen LogP contribution >= 0.6 is 0 Å². The van der Waals surface area contributed by atoms with Gasteiger partial charge in [0, 0.05) is 36.9 Å². The Balaban J connectivity index is 1.55. The van der Waals surface area contributed by atoms with Gasteiger partial charge in [0.05, 0.1) is 29.8 Å². The third-order valence-electron chi connectivity index (χ3n) is 8.22. The summed E-state index contributed by atoms with van der Waals surface area (Å²) < 4.78 is 86.6. The highest BCUT2D eigenvalue weighted by molar-refractivity contribution is 5.94. The van der Waals surface area contributed by atoms with E-state index in [4.69, 9.17) is 4.74 Å². The molecule has 1 aromatic heterocycles. The number of hydrogen-bond acceptors (Lipinski definition) is 4. The predicted octanol–water partition coefficient (Wildman–Crippen LogP) is 6.91. The smallest absolute Gasteiger partial charge is 0.416 e. The number of alkyl halides is 6. The number of nitrogens with one attached hydrogen (secondary N) is 2. The first-order valence-electron chi connectivity index (χ1n) is 13.5. The molecular formula is C30H31F6N5O. The van der Waals surface area contributed by atoms with Gasteiger partial charge in [0.15, 0.2) is 5.96 Å². The molecule has 3 aliphatic rings. The van der Waals surface area contributed by atoms with E-state index in [1.165, 1.54) is 7.05 Å². The van der Waals surface area contributed by atoms with Crippen LogP contribution < -0.4 is 15.4 Å². The van der Waals surface area contributed by atoms with Crippen molar-refractivity contribution in [2.45, 2.75) is 37.3 Å². The molecule has 4 heterocycles. The van der Waals surface area contributed by atoms with E-state index in [1.54, 1.807) is 19.4 Å². The highest BCUT2D eigenvalue weighted by atomic mass is 19.4. The molecule has 3 saturated heterocycles. The van der Waals surface area contributed by atoms with Crippen LogP contribution in [0, 0.1) is 11.8 Å². The van der Waals surface area contributed by atoms with E-state index < -0.39 is 29.5 Å². The maximum Gasteiger partial charge on any atom is 0.416 e. The molecule has 3 aromatic rings. The fourth-order valence-electron chi connectivity index (χ4n) is 6.12. The van der Waals surface area contributed by atoms with Gasteiger partial charge in [0.1, 0.15) is 5.75 Å². The predicted molar refractivity (Wildman–Crippen MR) is 149 cm³/mol. The number of guanidine groups is 1. The normalized spacial score (nSPS) is 23.5. The summed E-state index contributed by atoms with van der Waals surface area (Å²) in [4.78, 5) is 11.0. The highest BCUT2D eigenvalue weighted by Gasteiger charge is 2.43. The average molecular weight is 592 g/mol. The van der Waals surface area contributed by atoms with Gasteiger partial charge in [-0.15, -0.1) is 6.58 Å². The van der Waals surface area contributed by atoms with Crippen molar-refractivity contribution in [3.8, 4) is 5.75 Å². The number of ether oxygens (including phenoxy) is 1. The number of nitrogens with zero attached hydrogens (tertiary/aromatic N) is 3. The van der Waals surface area contributed by atoms with Crippen molar-refractivity contribution < 1.29 is 31.1 Å². The number of halogens is 6. The summed E-state index contributed by atoms with van der Waals surface area (Å²) in [5, 5.41) is 6.85. The van der Waals surface area contributed by atoms with Gasteiger partial charge in [0.2, 0.25) is 0 Å². The Hall–Kier alpha value is -3.80. The van der Waals surface area contributed by atoms with Crippen molar-refractivity contribution >= 4 is 22.5 Å². The largest absolute Gasteiger partial charge is 0.497 e. The number of aliphatic imine (C=N–C) groups is 1. The molecule has 6 rings (SSSR count). The summed E-state index contributed by atoms with van der Waals surface area (Å²) in [5.74, 6) is 1.40. The molecule has 0 radical (unpaired) electrons. The maximum atomic E-state index is 13.5. The number of methoxy groups -OCH3 is 1. The van der Waals surface area contributed by atoms with Gasteiger partial charge in [-0.3, -0.25) is 14.9 Å². The van der Waals surface area contributed by atoms with Crippen molar-refractivity contribution in [2.24, 2.45) is 16.8 Å². The fraction of sp³-hybridized carbons (Fsp3) is 0.400. The summed E-state index contributed by atoms with van der Waals surface area (Å²) in [5.41, 5.74) is -1.64. The number of pyridine rings is 1. The first-order chi connectivity index (χ1) is 19.9. The molecule has 12 heteroatoms. The molecule has 0 amide bonds. The van der Waals surface area contributed by atoms with E-state index in [2.05, 4.69) is 32.1 Å². The second-order valence-electron chi connectivity index (χ2n) is 10.6. The Kier molecular flexibility index (Phi) is 8.10. The van der Waals surface area contributed by atoms with Crippen LogP contribution in [-0.2, 0) is 12.4 Å². The topological polar surface area (TPSA) is 61.8 Å². The van der Waals surface area contributed by atoms with Crippen LogP contribution in [0.5, 0.6) is 5.75 Å². The Morgan fingerprint density at radius 2 is 1.81 bits per heavy atom. The Morgan fingerprint density at radius 1 is 1.10 bits per heavy atom. The lowest BCUT2D eigenvalue weighted by Crippen LogP contribution is -2.57.